The first-order chi connectivity index (χ1) is 9.35. The fraction of sp³-hybridized carbons (Fsp3) is 0.462. The maximum atomic E-state index is 11.9. The number of hydrogen-bond donors (Lipinski definition) is 2. The van der Waals surface area contributed by atoms with Gasteiger partial charge in [-0.15, -0.1) is 0 Å². The van der Waals surface area contributed by atoms with E-state index in [-0.39, 0.29) is 16.6 Å². The number of rotatable bonds is 3. The molecule has 1 aliphatic heterocycles. The molecule has 1 amide bonds. The van der Waals surface area contributed by atoms with Crippen LogP contribution in [-0.4, -0.2) is 42.1 Å². The summed E-state index contributed by atoms with van der Waals surface area (Å²) in [7, 11) is 1.61. The highest BCUT2D eigenvalue weighted by atomic mass is 35.5. The lowest BCUT2D eigenvalue weighted by atomic mass is 9.89. The molecule has 1 aromatic heterocycles. The Balaban J connectivity index is 2.26. The van der Waals surface area contributed by atoms with Crippen LogP contribution in [0.4, 0.5) is 5.82 Å². The number of hydrogen-bond acceptors (Lipinski definition) is 4. The second-order valence-corrected chi connectivity index (χ2v) is 5.54. The molecule has 2 N–H and O–H groups in total. The van der Waals surface area contributed by atoms with Crippen LogP contribution >= 0.6 is 11.6 Å². The third-order valence-electron chi connectivity index (χ3n) is 3.60. The third-order valence-corrected chi connectivity index (χ3v) is 3.79. The molecule has 1 atom stereocenters. The average molecular weight is 298 g/mol. The molecule has 6 nitrogen and oxygen atoms in total. The van der Waals surface area contributed by atoms with Gasteiger partial charge < -0.3 is 15.3 Å². The van der Waals surface area contributed by atoms with Gasteiger partial charge in [-0.05, 0) is 25.5 Å². The van der Waals surface area contributed by atoms with E-state index in [9.17, 15) is 9.59 Å². The number of aromatic carboxylic acids is 1. The number of amides is 1. The molecule has 1 aromatic rings. The molecule has 1 aliphatic rings. The molecule has 0 aromatic carbocycles. The van der Waals surface area contributed by atoms with Crippen molar-refractivity contribution in [2.75, 3.05) is 25.0 Å². The minimum absolute atomic E-state index is 0.0273. The van der Waals surface area contributed by atoms with Gasteiger partial charge in [-0.1, -0.05) is 11.6 Å². The Morgan fingerprint density at radius 3 is 2.80 bits per heavy atom. The van der Waals surface area contributed by atoms with E-state index >= 15 is 0 Å². The molecule has 20 heavy (non-hydrogen) atoms. The predicted octanol–water partition coefficient (Wildman–Crippen LogP) is 1.40. The smallest absolute Gasteiger partial charge is 0.335 e. The molecule has 2 heterocycles. The van der Waals surface area contributed by atoms with Crippen LogP contribution in [0.15, 0.2) is 12.1 Å². The fourth-order valence-corrected chi connectivity index (χ4v) is 2.62. The molecule has 1 fully saturated rings. The summed E-state index contributed by atoms with van der Waals surface area (Å²) >= 11 is 5.85. The summed E-state index contributed by atoms with van der Waals surface area (Å²) in [5, 5.41) is 11.8. The average Bonchev–Trinajstić information content (AvgIpc) is 2.81. The molecule has 0 saturated carbocycles. The monoisotopic (exact) mass is 297 g/mol. The molecule has 2 rings (SSSR count). The van der Waals surface area contributed by atoms with Gasteiger partial charge >= 0.3 is 5.97 Å². The summed E-state index contributed by atoms with van der Waals surface area (Å²) in [5.41, 5.74) is -0.407. The lowest BCUT2D eigenvalue weighted by Crippen LogP contribution is -2.39. The molecule has 0 aliphatic carbocycles. The van der Waals surface area contributed by atoms with Crippen molar-refractivity contribution in [3.63, 3.8) is 0 Å². The van der Waals surface area contributed by atoms with Crippen molar-refractivity contribution in [1.29, 1.82) is 0 Å². The molecular formula is C13H16ClN3O3. The van der Waals surface area contributed by atoms with Gasteiger partial charge in [0.25, 0.3) is 0 Å². The van der Waals surface area contributed by atoms with E-state index in [1.165, 1.54) is 12.1 Å². The molecular weight excluding hydrogens is 282 g/mol. The van der Waals surface area contributed by atoms with Gasteiger partial charge in [-0.3, -0.25) is 4.79 Å². The summed E-state index contributed by atoms with van der Waals surface area (Å²) in [5.74, 6) is -0.591. The number of anilines is 1. The van der Waals surface area contributed by atoms with E-state index < -0.39 is 11.4 Å². The second kappa shape index (κ2) is 5.28. The van der Waals surface area contributed by atoms with Crippen molar-refractivity contribution in [1.82, 2.24) is 10.3 Å². The van der Waals surface area contributed by atoms with Crippen LogP contribution in [-0.2, 0) is 4.79 Å². The van der Waals surface area contributed by atoms with Crippen LogP contribution < -0.4 is 10.2 Å². The molecule has 0 radical (unpaired) electrons. The standard InChI is InChI=1S/C13H16ClN3O3/c1-13(12(20)15-2)3-4-17(7-13)10-6-8(11(18)19)5-9(14)16-10/h5-6H,3-4,7H2,1-2H3,(H,15,20)(H,18,19). The van der Waals surface area contributed by atoms with Gasteiger partial charge in [-0.25, -0.2) is 9.78 Å². The van der Waals surface area contributed by atoms with E-state index in [4.69, 9.17) is 16.7 Å². The van der Waals surface area contributed by atoms with Crippen LogP contribution in [0.5, 0.6) is 0 Å². The Labute approximate surface area is 121 Å². The van der Waals surface area contributed by atoms with E-state index in [2.05, 4.69) is 10.3 Å². The Hall–Kier alpha value is -1.82. The molecule has 0 spiro atoms. The minimum atomic E-state index is -1.05. The van der Waals surface area contributed by atoms with Gasteiger partial charge in [-0.2, -0.15) is 0 Å². The maximum Gasteiger partial charge on any atom is 0.335 e. The van der Waals surface area contributed by atoms with Crippen molar-refractivity contribution >= 4 is 29.3 Å². The predicted molar refractivity (Wildman–Crippen MR) is 75.2 cm³/mol. The van der Waals surface area contributed by atoms with Gasteiger partial charge in [0.15, 0.2) is 0 Å². The Morgan fingerprint density at radius 1 is 1.50 bits per heavy atom. The van der Waals surface area contributed by atoms with E-state index in [0.717, 1.165) is 0 Å². The highest BCUT2D eigenvalue weighted by Gasteiger charge is 2.40. The lowest BCUT2D eigenvalue weighted by Gasteiger charge is -2.23. The maximum absolute atomic E-state index is 11.9. The Morgan fingerprint density at radius 2 is 2.20 bits per heavy atom. The number of carbonyl (C=O) groups is 2. The van der Waals surface area contributed by atoms with Crippen molar-refractivity contribution < 1.29 is 14.7 Å². The zero-order chi connectivity index (χ0) is 14.9. The molecule has 108 valence electrons. The van der Waals surface area contributed by atoms with Crippen molar-refractivity contribution in [3.8, 4) is 0 Å². The van der Waals surface area contributed by atoms with E-state index in [1.54, 1.807) is 7.05 Å². The van der Waals surface area contributed by atoms with Gasteiger partial charge in [0.2, 0.25) is 5.91 Å². The van der Waals surface area contributed by atoms with Crippen molar-refractivity contribution in [2.24, 2.45) is 5.41 Å². The largest absolute Gasteiger partial charge is 0.478 e. The lowest BCUT2D eigenvalue weighted by molar-refractivity contribution is -0.128. The first-order valence-corrected chi connectivity index (χ1v) is 6.61. The molecule has 1 unspecified atom stereocenters. The zero-order valence-corrected chi connectivity index (χ0v) is 12.1. The van der Waals surface area contributed by atoms with Crippen LogP contribution in [0, 0.1) is 5.41 Å². The number of carboxylic acids is 1. The zero-order valence-electron chi connectivity index (χ0n) is 11.3. The molecule has 0 bridgehead atoms. The third kappa shape index (κ3) is 2.70. The first-order valence-electron chi connectivity index (χ1n) is 6.24. The topological polar surface area (TPSA) is 82.5 Å². The van der Waals surface area contributed by atoms with Crippen LogP contribution in [0.1, 0.15) is 23.7 Å². The van der Waals surface area contributed by atoms with E-state index in [0.29, 0.717) is 25.3 Å². The van der Waals surface area contributed by atoms with E-state index in [1.807, 2.05) is 11.8 Å². The summed E-state index contributed by atoms with van der Waals surface area (Å²) in [6.07, 6.45) is 0.684. The number of halogens is 1. The molecule has 7 heteroatoms. The fourth-order valence-electron chi connectivity index (χ4n) is 2.41. The number of carboxylic acid groups (broad SMARTS) is 1. The highest BCUT2D eigenvalue weighted by Crippen LogP contribution is 2.33. The van der Waals surface area contributed by atoms with Crippen molar-refractivity contribution in [2.45, 2.75) is 13.3 Å². The molecule has 1 saturated heterocycles. The summed E-state index contributed by atoms with van der Waals surface area (Å²) < 4.78 is 0. The van der Waals surface area contributed by atoms with Gasteiger partial charge in [0.05, 0.1) is 11.0 Å². The van der Waals surface area contributed by atoms with Gasteiger partial charge in [0, 0.05) is 20.1 Å². The quantitative estimate of drug-likeness (QED) is 0.824. The van der Waals surface area contributed by atoms with Crippen molar-refractivity contribution in [3.05, 3.63) is 22.8 Å². The SMILES string of the molecule is CNC(=O)C1(C)CCN(c2cc(C(=O)O)cc(Cl)n2)C1. The number of carbonyl (C=O) groups excluding carboxylic acids is 1. The van der Waals surface area contributed by atoms with Crippen LogP contribution in [0.2, 0.25) is 5.15 Å². The van der Waals surface area contributed by atoms with Crippen LogP contribution in [0.3, 0.4) is 0 Å². The highest BCUT2D eigenvalue weighted by molar-refractivity contribution is 6.29. The summed E-state index contributed by atoms with van der Waals surface area (Å²) in [6, 6.07) is 2.78. The second-order valence-electron chi connectivity index (χ2n) is 5.15. The number of pyridine rings is 1. The van der Waals surface area contributed by atoms with Crippen LogP contribution in [0.25, 0.3) is 0 Å². The Kier molecular flexibility index (Phi) is 3.85. The number of aromatic nitrogens is 1. The number of nitrogens with zero attached hydrogens (tertiary/aromatic N) is 2. The van der Waals surface area contributed by atoms with Gasteiger partial charge in [0.1, 0.15) is 11.0 Å². The first kappa shape index (κ1) is 14.6. The number of nitrogens with one attached hydrogen (secondary N) is 1. The summed E-state index contributed by atoms with van der Waals surface area (Å²) in [6.45, 7) is 3.00. The minimum Gasteiger partial charge on any atom is -0.478 e. The Bertz CT molecular complexity index is 564. The normalized spacial score (nSPS) is 21.9. The summed E-state index contributed by atoms with van der Waals surface area (Å²) in [4.78, 5) is 28.9.